The summed E-state index contributed by atoms with van der Waals surface area (Å²) < 4.78 is 5.04. The van der Waals surface area contributed by atoms with Gasteiger partial charge in [0.05, 0.1) is 5.56 Å². The predicted octanol–water partition coefficient (Wildman–Crippen LogP) is 1.57. The van der Waals surface area contributed by atoms with Crippen molar-refractivity contribution < 1.29 is 14.3 Å². The molecule has 1 atom stereocenters. The predicted molar refractivity (Wildman–Crippen MR) is 60.4 cm³/mol. The minimum Gasteiger partial charge on any atom is -0.449 e. The molecule has 1 saturated carbocycles. The number of rotatable bonds is 4. The average molecular weight is 239 g/mol. The van der Waals surface area contributed by atoms with Crippen molar-refractivity contribution in [1.29, 1.82) is 0 Å². The molecule has 1 aromatic rings. The lowest BCUT2D eigenvalue weighted by molar-refractivity contribution is -0.129. The van der Waals surface area contributed by atoms with Crippen LogP contribution in [0.4, 0.5) is 0 Å². The number of amides is 1. The number of nitrogens with one attached hydrogen (secondary N) is 1. The SMILES string of the molecule is CC(OC(=O)c1ccsc1)C(=O)NC1CC1. The molecular weight excluding hydrogens is 226 g/mol. The second kappa shape index (κ2) is 4.65. The zero-order chi connectivity index (χ0) is 11.5. The maximum absolute atomic E-state index is 11.5. The first kappa shape index (κ1) is 11.1. The van der Waals surface area contributed by atoms with Gasteiger partial charge in [0.2, 0.25) is 0 Å². The minimum absolute atomic E-state index is 0.217. The van der Waals surface area contributed by atoms with Crippen LogP contribution in [0.3, 0.4) is 0 Å². The molecule has 0 aromatic carbocycles. The van der Waals surface area contributed by atoms with E-state index in [0.29, 0.717) is 5.56 Å². The molecule has 1 fully saturated rings. The summed E-state index contributed by atoms with van der Waals surface area (Å²) in [7, 11) is 0. The molecule has 1 unspecified atom stereocenters. The third-order valence-corrected chi connectivity index (χ3v) is 3.02. The van der Waals surface area contributed by atoms with E-state index in [9.17, 15) is 9.59 Å². The molecule has 1 N–H and O–H groups in total. The van der Waals surface area contributed by atoms with Gasteiger partial charge in [0.15, 0.2) is 6.10 Å². The molecule has 1 amide bonds. The highest BCUT2D eigenvalue weighted by Gasteiger charge is 2.27. The summed E-state index contributed by atoms with van der Waals surface area (Å²) >= 11 is 1.42. The molecule has 16 heavy (non-hydrogen) atoms. The van der Waals surface area contributed by atoms with Crippen molar-refractivity contribution in [3.63, 3.8) is 0 Å². The molecule has 0 bridgehead atoms. The minimum atomic E-state index is -0.729. The highest BCUT2D eigenvalue weighted by Crippen LogP contribution is 2.19. The highest BCUT2D eigenvalue weighted by molar-refractivity contribution is 7.08. The van der Waals surface area contributed by atoms with Crippen molar-refractivity contribution in [1.82, 2.24) is 5.32 Å². The monoisotopic (exact) mass is 239 g/mol. The van der Waals surface area contributed by atoms with Crippen LogP contribution in [0.25, 0.3) is 0 Å². The largest absolute Gasteiger partial charge is 0.449 e. The summed E-state index contributed by atoms with van der Waals surface area (Å²) in [5.74, 6) is -0.661. The Morgan fingerprint density at radius 2 is 2.31 bits per heavy atom. The van der Waals surface area contributed by atoms with Gasteiger partial charge in [-0.15, -0.1) is 0 Å². The number of hydrogen-bond acceptors (Lipinski definition) is 4. The fourth-order valence-corrected chi connectivity index (χ4v) is 1.83. The quantitative estimate of drug-likeness (QED) is 0.811. The van der Waals surface area contributed by atoms with Crippen molar-refractivity contribution in [2.75, 3.05) is 0 Å². The zero-order valence-corrected chi connectivity index (χ0v) is 9.75. The summed E-state index contributed by atoms with van der Waals surface area (Å²) in [5, 5.41) is 6.29. The summed E-state index contributed by atoms with van der Waals surface area (Å²) in [5.41, 5.74) is 0.496. The van der Waals surface area contributed by atoms with Crippen LogP contribution >= 0.6 is 11.3 Å². The Morgan fingerprint density at radius 1 is 1.56 bits per heavy atom. The summed E-state index contributed by atoms with van der Waals surface area (Å²) in [6.45, 7) is 1.59. The molecule has 1 heterocycles. The first-order chi connectivity index (χ1) is 7.66. The number of carbonyl (C=O) groups excluding carboxylic acids is 2. The Morgan fingerprint density at radius 3 is 2.88 bits per heavy atom. The number of thiophene rings is 1. The average Bonchev–Trinajstić information content (AvgIpc) is 2.89. The lowest BCUT2D eigenvalue weighted by Gasteiger charge is -2.12. The van der Waals surface area contributed by atoms with E-state index in [1.165, 1.54) is 11.3 Å². The van der Waals surface area contributed by atoms with E-state index in [1.807, 2.05) is 0 Å². The van der Waals surface area contributed by atoms with E-state index in [0.717, 1.165) is 12.8 Å². The zero-order valence-electron chi connectivity index (χ0n) is 8.93. The Hall–Kier alpha value is -1.36. The van der Waals surface area contributed by atoms with Gasteiger partial charge in [0, 0.05) is 11.4 Å². The van der Waals surface area contributed by atoms with Crippen molar-refractivity contribution >= 4 is 23.2 Å². The van der Waals surface area contributed by atoms with Crippen LogP contribution in [-0.4, -0.2) is 24.0 Å². The van der Waals surface area contributed by atoms with Gasteiger partial charge >= 0.3 is 5.97 Å². The lowest BCUT2D eigenvalue weighted by Crippen LogP contribution is -2.37. The molecule has 4 nitrogen and oxygen atoms in total. The smallest absolute Gasteiger partial charge is 0.339 e. The Balaban J connectivity index is 1.83. The number of hydrogen-bond donors (Lipinski definition) is 1. The van der Waals surface area contributed by atoms with Crippen LogP contribution in [0.15, 0.2) is 16.8 Å². The Bertz CT molecular complexity index is 384. The molecule has 1 aliphatic carbocycles. The van der Waals surface area contributed by atoms with E-state index in [1.54, 1.807) is 23.8 Å². The third kappa shape index (κ3) is 2.82. The molecule has 5 heteroatoms. The maximum atomic E-state index is 11.5. The number of carbonyl (C=O) groups is 2. The van der Waals surface area contributed by atoms with E-state index in [2.05, 4.69) is 5.32 Å². The van der Waals surface area contributed by atoms with Crippen molar-refractivity contribution in [2.24, 2.45) is 0 Å². The second-order valence-corrected chi connectivity index (χ2v) is 4.62. The van der Waals surface area contributed by atoms with E-state index < -0.39 is 12.1 Å². The van der Waals surface area contributed by atoms with E-state index >= 15 is 0 Å². The first-order valence-corrected chi connectivity index (χ1v) is 6.14. The van der Waals surface area contributed by atoms with Gasteiger partial charge in [0.1, 0.15) is 0 Å². The number of ether oxygens (including phenoxy) is 1. The van der Waals surface area contributed by atoms with Gasteiger partial charge in [0.25, 0.3) is 5.91 Å². The molecule has 0 saturated heterocycles. The molecular formula is C11H13NO3S. The fourth-order valence-electron chi connectivity index (χ4n) is 1.21. The van der Waals surface area contributed by atoms with Gasteiger partial charge in [-0.25, -0.2) is 4.79 Å². The van der Waals surface area contributed by atoms with E-state index in [-0.39, 0.29) is 11.9 Å². The van der Waals surface area contributed by atoms with Crippen molar-refractivity contribution in [3.8, 4) is 0 Å². The lowest BCUT2D eigenvalue weighted by atomic mass is 10.3. The topological polar surface area (TPSA) is 55.4 Å². The third-order valence-electron chi connectivity index (χ3n) is 2.33. The molecule has 0 radical (unpaired) electrons. The normalized spacial score (nSPS) is 16.6. The first-order valence-electron chi connectivity index (χ1n) is 5.20. The summed E-state index contributed by atoms with van der Waals surface area (Å²) in [6.07, 6.45) is 1.32. The van der Waals surface area contributed by atoms with Crippen LogP contribution in [0.1, 0.15) is 30.1 Å². The van der Waals surface area contributed by atoms with Crippen LogP contribution in [0, 0.1) is 0 Å². The Kier molecular flexibility index (Phi) is 3.24. The van der Waals surface area contributed by atoms with E-state index in [4.69, 9.17) is 4.74 Å². The molecule has 0 spiro atoms. The number of esters is 1. The Labute approximate surface area is 97.6 Å². The molecule has 86 valence electrons. The van der Waals surface area contributed by atoms with Crippen LogP contribution in [-0.2, 0) is 9.53 Å². The standard InChI is InChI=1S/C11H13NO3S/c1-7(10(13)12-9-2-3-9)15-11(14)8-4-5-16-6-8/h4-7,9H,2-3H2,1H3,(H,12,13). The van der Waals surface area contributed by atoms with Crippen LogP contribution in [0.2, 0.25) is 0 Å². The van der Waals surface area contributed by atoms with Gasteiger partial charge in [-0.05, 0) is 31.2 Å². The van der Waals surface area contributed by atoms with Gasteiger partial charge < -0.3 is 10.1 Å². The molecule has 2 rings (SSSR count). The maximum Gasteiger partial charge on any atom is 0.339 e. The van der Waals surface area contributed by atoms with Gasteiger partial charge in [-0.2, -0.15) is 11.3 Å². The molecule has 1 aromatic heterocycles. The van der Waals surface area contributed by atoms with Crippen molar-refractivity contribution in [3.05, 3.63) is 22.4 Å². The van der Waals surface area contributed by atoms with Crippen LogP contribution in [0.5, 0.6) is 0 Å². The second-order valence-electron chi connectivity index (χ2n) is 3.84. The van der Waals surface area contributed by atoms with Crippen LogP contribution < -0.4 is 5.32 Å². The molecule has 0 aliphatic heterocycles. The van der Waals surface area contributed by atoms with Crippen molar-refractivity contribution in [2.45, 2.75) is 31.9 Å². The molecule has 1 aliphatic rings. The van der Waals surface area contributed by atoms with Gasteiger partial charge in [-0.1, -0.05) is 0 Å². The highest BCUT2D eigenvalue weighted by atomic mass is 32.1. The summed E-state index contributed by atoms with van der Waals surface area (Å²) in [6, 6.07) is 1.97. The summed E-state index contributed by atoms with van der Waals surface area (Å²) in [4.78, 5) is 23.0. The van der Waals surface area contributed by atoms with Gasteiger partial charge in [-0.3, -0.25) is 4.79 Å². The fraction of sp³-hybridized carbons (Fsp3) is 0.455.